The van der Waals surface area contributed by atoms with Crippen LogP contribution in [0.1, 0.15) is 26.5 Å². The summed E-state index contributed by atoms with van der Waals surface area (Å²) in [6.07, 6.45) is 2.97. The van der Waals surface area contributed by atoms with Gasteiger partial charge in [-0.3, -0.25) is 9.48 Å². The number of hydrogen-bond donors (Lipinski definition) is 1. The Labute approximate surface area is 96.5 Å². The topological polar surface area (TPSA) is 85.1 Å². The number of pyridine rings is 1. The quantitative estimate of drug-likeness (QED) is 0.787. The van der Waals surface area contributed by atoms with Crippen LogP contribution in [0.5, 0.6) is 0 Å². The van der Waals surface area contributed by atoms with Crippen molar-refractivity contribution in [1.29, 1.82) is 0 Å². The van der Waals surface area contributed by atoms with Gasteiger partial charge in [0, 0.05) is 13.2 Å². The van der Waals surface area contributed by atoms with Crippen LogP contribution in [0.25, 0.3) is 0 Å². The van der Waals surface area contributed by atoms with Crippen molar-refractivity contribution in [2.45, 2.75) is 0 Å². The number of nitrogens with zero attached hydrogens (tertiary/aromatic N) is 3. The molecule has 0 aliphatic rings. The molecule has 0 aliphatic carbocycles. The lowest BCUT2D eigenvalue weighted by molar-refractivity contribution is 0.0690. The van der Waals surface area contributed by atoms with Crippen LogP contribution in [-0.2, 0) is 7.05 Å². The van der Waals surface area contributed by atoms with Crippen LogP contribution in [0.15, 0.2) is 30.6 Å². The molecule has 0 spiro atoms. The molecule has 1 N–H and O–H groups in total. The first-order valence-corrected chi connectivity index (χ1v) is 4.81. The minimum atomic E-state index is -1.16. The molecule has 0 atom stereocenters. The molecule has 0 fully saturated rings. The molecular weight excluding hydrogens is 222 g/mol. The Kier molecular flexibility index (Phi) is 2.70. The Morgan fingerprint density at radius 3 is 2.59 bits per heavy atom. The molecule has 0 radical (unpaired) electrons. The van der Waals surface area contributed by atoms with Gasteiger partial charge < -0.3 is 5.11 Å². The van der Waals surface area contributed by atoms with E-state index in [0.29, 0.717) is 5.56 Å². The third kappa shape index (κ3) is 2.20. The van der Waals surface area contributed by atoms with Crippen molar-refractivity contribution in [3.05, 3.63) is 47.5 Å². The van der Waals surface area contributed by atoms with Gasteiger partial charge in [0.05, 0.1) is 11.8 Å². The Morgan fingerprint density at radius 1 is 1.29 bits per heavy atom. The molecule has 17 heavy (non-hydrogen) atoms. The monoisotopic (exact) mass is 231 g/mol. The molecule has 0 aromatic carbocycles. The number of carbonyl (C=O) groups excluding carboxylic acids is 1. The van der Waals surface area contributed by atoms with Crippen LogP contribution >= 0.6 is 0 Å². The van der Waals surface area contributed by atoms with E-state index < -0.39 is 5.97 Å². The number of carboxylic acids is 1. The molecule has 2 aromatic rings. The molecule has 0 amide bonds. The van der Waals surface area contributed by atoms with Crippen LogP contribution in [0.4, 0.5) is 0 Å². The number of carbonyl (C=O) groups is 2. The SMILES string of the molecule is Cn1cc(C(=O)c2cccc(C(=O)O)n2)cn1. The second-order valence-electron chi connectivity index (χ2n) is 3.45. The summed E-state index contributed by atoms with van der Waals surface area (Å²) >= 11 is 0. The fourth-order valence-electron chi connectivity index (χ4n) is 1.37. The summed E-state index contributed by atoms with van der Waals surface area (Å²) in [6.45, 7) is 0. The maximum absolute atomic E-state index is 11.9. The third-order valence-electron chi connectivity index (χ3n) is 2.17. The Balaban J connectivity index is 2.37. The van der Waals surface area contributed by atoms with E-state index in [1.165, 1.54) is 29.1 Å². The first-order valence-electron chi connectivity index (χ1n) is 4.81. The average Bonchev–Trinajstić information content (AvgIpc) is 2.75. The Bertz CT molecular complexity index is 589. The van der Waals surface area contributed by atoms with E-state index in [-0.39, 0.29) is 17.2 Å². The van der Waals surface area contributed by atoms with Crippen molar-refractivity contribution in [2.24, 2.45) is 7.05 Å². The second-order valence-corrected chi connectivity index (χ2v) is 3.45. The van der Waals surface area contributed by atoms with Gasteiger partial charge in [-0.1, -0.05) is 6.07 Å². The fraction of sp³-hybridized carbons (Fsp3) is 0.0909. The standard InChI is InChI=1S/C11H9N3O3/c1-14-6-7(5-12-14)10(15)8-3-2-4-9(13-8)11(16)17/h2-6H,1H3,(H,16,17). The summed E-state index contributed by atoms with van der Waals surface area (Å²) in [5, 5.41) is 12.6. The first-order chi connectivity index (χ1) is 8.08. The number of ketones is 1. The molecule has 6 nitrogen and oxygen atoms in total. The van der Waals surface area contributed by atoms with Crippen molar-refractivity contribution >= 4 is 11.8 Å². The minimum absolute atomic E-state index is 0.0953. The lowest BCUT2D eigenvalue weighted by atomic mass is 10.1. The molecule has 0 bridgehead atoms. The van der Waals surface area contributed by atoms with E-state index in [2.05, 4.69) is 10.1 Å². The molecule has 2 rings (SSSR count). The van der Waals surface area contributed by atoms with Crippen LogP contribution in [0.3, 0.4) is 0 Å². The molecule has 0 saturated carbocycles. The van der Waals surface area contributed by atoms with Crippen molar-refractivity contribution in [3.8, 4) is 0 Å². The molecule has 86 valence electrons. The molecule has 2 heterocycles. The molecule has 0 aliphatic heterocycles. The summed E-state index contributed by atoms with van der Waals surface area (Å²) in [4.78, 5) is 26.4. The number of aromatic carboxylic acids is 1. The number of carboxylic acid groups (broad SMARTS) is 1. The van der Waals surface area contributed by atoms with Crippen molar-refractivity contribution in [1.82, 2.24) is 14.8 Å². The number of rotatable bonds is 3. The van der Waals surface area contributed by atoms with Crippen molar-refractivity contribution in [3.63, 3.8) is 0 Å². The van der Waals surface area contributed by atoms with Gasteiger partial charge in [-0.2, -0.15) is 5.10 Å². The highest BCUT2D eigenvalue weighted by atomic mass is 16.4. The smallest absolute Gasteiger partial charge is 0.354 e. The molecule has 0 unspecified atom stereocenters. The second kappa shape index (κ2) is 4.17. The van der Waals surface area contributed by atoms with Crippen LogP contribution < -0.4 is 0 Å². The molecule has 0 saturated heterocycles. The lowest BCUT2D eigenvalue weighted by Crippen LogP contribution is -2.08. The highest BCUT2D eigenvalue weighted by Gasteiger charge is 2.14. The van der Waals surface area contributed by atoms with Crippen LogP contribution in [0.2, 0.25) is 0 Å². The molecule has 2 aromatic heterocycles. The van der Waals surface area contributed by atoms with E-state index >= 15 is 0 Å². The van der Waals surface area contributed by atoms with Gasteiger partial charge in [0.25, 0.3) is 0 Å². The largest absolute Gasteiger partial charge is 0.477 e. The zero-order valence-corrected chi connectivity index (χ0v) is 8.99. The number of hydrogen-bond acceptors (Lipinski definition) is 4. The zero-order chi connectivity index (χ0) is 12.4. The number of aromatic nitrogens is 3. The van der Waals surface area contributed by atoms with E-state index in [1.54, 1.807) is 13.2 Å². The molecular formula is C11H9N3O3. The van der Waals surface area contributed by atoms with E-state index in [4.69, 9.17) is 5.11 Å². The molecule has 6 heteroatoms. The fourth-order valence-corrected chi connectivity index (χ4v) is 1.37. The van der Waals surface area contributed by atoms with Crippen LogP contribution in [-0.4, -0.2) is 31.6 Å². The van der Waals surface area contributed by atoms with Gasteiger partial charge in [0.15, 0.2) is 0 Å². The highest BCUT2D eigenvalue weighted by molar-refractivity contribution is 6.07. The predicted molar refractivity (Wildman–Crippen MR) is 57.8 cm³/mol. The van der Waals surface area contributed by atoms with E-state index in [0.717, 1.165) is 0 Å². The maximum atomic E-state index is 11.9. The summed E-state index contributed by atoms with van der Waals surface area (Å²) in [5.41, 5.74) is 0.320. The van der Waals surface area contributed by atoms with Gasteiger partial charge in [-0.15, -0.1) is 0 Å². The predicted octanol–water partition coefficient (Wildman–Crippen LogP) is 0.744. The Hall–Kier alpha value is -2.50. The maximum Gasteiger partial charge on any atom is 0.354 e. The van der Waals surface area contributed by atoms with Crippen LogP contribution in [0, 0.1) is 0 Å². The van der Waals surface area contributed by atoms with Gasteiger partial charge in [-0.05, 0) is 12.1 Å². The summed E-state index contributed by atoms with van der Waals surface area (Å²) < 4.78 is 1.49. The van der Waals surface area contributed by atoms with Gasteiger partial charge in [0.1, 0.15) is 11.4 Å². The minimum Gasteiger partial charge on any atom is -0.477 e. The van der Waals surface area contributed by atoms with Gasteiger partial charge in [0.2, 0.25) is 5.78 Å². The highest BCUT2D eigenvalue weighted by Crippen LogP contribution is 2.07. The van der Waals surface area contributed by atoms with Crippen molar-refractivity contribution < 1.29 is 14.7 Å². The summed E-state index contributed by atoms with van der Waals surface area (Å²) in [6, 6.07) is 4.30. The van der Waals surface area contributed by atoms with E-state index in [9.17, 15) is 9.59 Å². The summed E-state index contributed by atoms with van der Waals surface area (Å²) in [5.74, 6) is -1.51. The average molecular weight is 231 g/mol. The Morgan fingerprint density at radius 2 is 2.00 bits per heavy atom. The van der Waals surface area contributed by atoms with Gasteiger partial charge >= 0.3 is 5.97 Å². The van der Waals surface area contributed by atoms with Crippen molar-refractivity contribution in [2.75, 3.05) is 0 Å². The van der Waals surface area contributed by atoms with E-state index in [1.807, 2.05) is 0 Å². The lowest BCUT2D eigenvalue weighted by Gasteiger charge is -1.98. The zero-order valence-electron chi connectivity index (χ0n) is 8.99. The normalized spacial score (nSPS) is 10.2. The third-order valence-corrected chi connectivity index (χ3v) is 2.17. The first kappa shape index (κ1) is 11.0. The number of aryl methyl sites for hydroxylation is 1. The summed E-state index contributed by atoms with van der Waals surface area (Å²) in [7, 11) is 1.69. The van der Waals surface area contributed by atoms with Gasteiger partial charge in [-0.25, -0.2) is 9.78 Å².